The highest BCUT2D eigenvalue weighted by Crippen LogP contribution is 2.29. The molecule has 1 amide bonds. The van der Waals surface area contributed by atoms with Gasteiger partial charge in [0.25, 0.3) is 5.91 Å². The van der Waals surface area contributed by atoms with Gasteiger partial charge < -0.3 is 9.88 Å². The number of benzene rings is 2. The summed E-state index contributed by atoms with van der Waals surface area (Å²) < 4.78 is 41.5. The first kappa shape index (κ1) is 17.3. The van der Waals surface area contributed by atoms with Crippen LogP contribution in [-0.2, 0) is 7.05 Å². The molecule has 0 fully saturated rings. The first-order valence-electron chi connectivity index (χ1n) is 7.90. The Bertz CT molecular complexity index is 1160. The van der Waals surface area contributed by atoms with Gasteiger partial charge in [-0.05, 0) is 12.1 Å². The van der Waals surface area contributed by atoms with Crippen molar-refractivity contribution in [2.45, 2.75) is 0 Å². The average molecular weight is 387 g/mol. The lowest BCUT2D eigenvalue weighted by Gasteiger charge is -2.04. The number of hydrogen-bond donors (Lipinski definition) is 1. The molecule has 4 nitrogen and oxygen atoms in total. The molecule has 2 aromatic heterocycles. The van der Waals surface area contributed by atoms with Crippen molar-refractivity contribution in [1.29, 1.82) is 0 Å². The first-order valence-corrected chi connectivity index (χ1v) is 8.78. The van der Waals surface area contributed by atoms with Crippen LogP contribution in [0.3, 0.4) is 0 Å². The Morgan fingerprint density at radius 1 is 1.11 bits per heavy atom. The van der Waals surface area contributed by atoms with Crippen LogP contribution in [0.5, 0.6) is 0 Å². The molecule has 0 saturated carbocycles. The van der Waals surface area contributed by atoms with Crippen LogP contribution < -0.4 is 5.32 Å². The molecule has 0 saturated heterocycles. The van der Waals surface area contributed by atoms with Gasteiger partial charge in [-0.1, -0.05) is 18.2 Å². The minimum absolute atomic E-state index is 0.102. The van der Waals surface area contributed by atoms with E-state index >= 15 is 0 Å². The Morgan fingerprint density at radius 2 is 1.81 bits per heavy atom. The van der Waals surface area contributed by atoms with Crippen molar-refractivity contribution in [1.82, 2.24) is 9.55 Å². The van der Waals surface area contributed by atoms with Crippen LogP contribution in [-0.4, -0.2) is 15.5 Å². The molecule has 2 heterocycles. The largest absolute Gasteiger partial charge is 0.342 e. The number of hydrogen-bond acceptors (Lipinski definition) is 3. The normalized spacial score (nSPS) is 11.1. The molecule has 0 atom stereocenters. The third kappa shape index (κ3) is 3.08. The molecule has 4 rings (SSSR count). The summed E-state index contributed by atoms with van der Waals surface area (Å²) in [4.78, 5) is 16.6. The fraction of sp³-hybridized carbons (Fsp3) is 0.0526. The van der Waals surface area contributed by atoms with Crippen LogP contribution in [0.1, 0.15) is 10.5 Å². The minimum atomic E-state index is -1.58. The molecule has 0 aliphatic carbocycles. The number of amides is 1. The lowest BCUT2D eigenvalue weighted by molar-refractivity contribution is 0.102. The smallest absolute Gasteiger partial charge is 0.275 e. The van der Waals surface area contributed by atoms with Gasteiger partial charge in [0.05, 0.1) is 5.69 Å². The predicted molar refractivity (Wildman–Crippen MR) is 98.3 cm³/mol. The molecule has 4 aromatic rings. The fourth-order valence-corrected chi connectivity index (χ4v) is 3.66. The van der Waals surface area contributed by atoms with Crippen molar-refractivity contribution in [3.05, 3.63) is 71.0 Å². The lowest BCUT2D eigenvalue weighted by atomic mass is 10.2. The van der Waals surface area contributed by atoms with E-state index in [9.17, 15) is 18.0 Å². The van der Waals surface area contributed by atoms with E-state index in [1.165, 1.54) is 11.3 Å². The van der Waals surface area contributed by atoms with E-state index in [-0.39, 0.29) is 11.4 Å². The van der Waals surface area contributed by atoms with Crippen LogP contribution in [0.4, 0.5) is 18.9 Å². The van der Waals surface area contributed by atoms with E-state index in [2.05, 4.69) is 10.3 Å². The summed E-state index contributed by atoms with van der Waals surface area (Å²) in [7, 11) is 1.91. The third-order valence-electron chi connectivity index (χ3n) is 4.15. The SMILES string of the molecule is Cn1c(-c2nc(C(=O)Nc3cc(F)c(F)c(F)c3)cs2)cc2ccccc21. The maximum Gasteiger partial charge on any atom is 0.275 e. The summed E-state index contributed by atoms with van der Waals surface area (Å²) in [6, 6.07) is 11.2. The molecule has 0 aliphatic heterocycles. The molecule has 0 radical (unpaired) electrons. The van der Waals surface area contributed by atoms with Gasteiger partial charge in [-0.25, -0.2) is 18.2 Å². The molecule has 27 heavy (non-hydrogen) atoms. The second-order valence-electron chi connectivity index (χ2n) is 5.89. The van der Waals surface area contributed by atoms with E-state index in [4.69, 9.17) is 0 Å². The summed E-state index contributed by atoms with van der Waals surface area (Å²) in [5.74, 6) is -4.97. The van der Waals surface area contributed by atoms with Gasteiger partial charge in [0.15, 0.2) is 17.5 Å². The van der Waals surface area contributed by atoms with Crippen molar-refractivity contribution in [3.63, 3.8) is 0 Å². The standard InChI is InChI=1S/C19H12F3N3OS/c1-25-15-5-3-2-4-10(15)6-16(25)19-24-14(9-27-19)18(26)23-11-7-12(20)17(22)13(21)8-11/h2-9H,1H3,(H,23,26). The van der Waals surface area contributed by atoms with E-state index < -0.39 is 23.4 Å². The number of para-hydroxylation sites is 1. The first-order chi connectivity index (χ1) is 12.9. The van der Waals surface area contributed by atoms with Gasteiger partial charge in [0.2, 0.25) is 0 Å². The zero-order valence-corrected chi connectivity index (χ0v) is 14.8. The Hall–Kier alpha value is -3.13. The van der Waals surface area contributed by atoms with Gasteiger partial charge in [-0.2, -0.15) is 0 Å². The van der Waals surface area contributed by atoms with E-state index in [0.29, 0.717) is 17.1 Å². The molecule has 136 valence electrons. The van der Waals surface area contributed by atoms with Crippen LogP contribution in [0.2, 0.25) is 0 Å². The van der Waals surface area contributed by atoms with Crippen molar-refractivity contribution >= 4 is 33.8 Å². The van der Waals surface area contributed by atoms with Crippen LogP contribution in [0, 0.1) is 17.5 Å². The predicted octanol–water partition coefficient (Wildman–Crippen LogP) is 4.97. The number of nitrogens with one attached hydrogen (secondary N) is 1. The Kier molecular flexibility index (Phi) is 4.19. The van der Waals surface area contributed by atoms with Gasteiger partial charge >= 0.3 is 0 Å². The van der Waals surface area contributed by atoms with Crippen LogP contribution >= 0.6 is 11.3 Å². The van der Waals surface area contributed by atoms with E-state index in [0.717, 1.165) is 16.6 Å². The second-order valence-corrected chi connectivity index (χ2v) is 6.75. The number of carbonyl (C=O) groups is 1. The summed E-state index contributed by atoms with van der Waals surface area (Å²) in [6.07, 6.45) is 0. The molecule has 0 bridgehead atoms. The van der Waals surface area contributed by atoms with Crippen molar-refractivity contribution < 1.29 is 18.0 Å². The molecule has 1 N–H and O–H groups in total. The summed E-state index contributed by atoms with van der Waals surface area (Å²) in [6.45, 7) is 0. The highest BCUT2D eigenvalue weighted by Gasteiger charge is 2.17. The van der Waals surface area contributed by atoms with Crippen molar-refractivity contribution in [3.8, 4) is 10.7 Å². The van der Waals surface area contributed by atoms with E-state index in [1.807, 2.05) is 41.9 Å². The van der Waals surface area contributed by atoms with Crippen LogP contribution in [0.25, 0.3) is 21.6 Å². The van der Waals surface area contributed by atoms with Crippen LogP contribution in [0.15, 0.2) is 47.8 Å². The number of aryl methyl sites for hydroxylation is 1. The molecule has 2 aromatic carbocycles. The topological polar surface area (TPSA) is 46.9 Å². The number of halogens is 3. The highest BCUT2D eigenvalue weighted by molar-refractivity contribution is 7.13. The molecule has 8 heteroatoms. The Labute approximate surface area is 155 Å². The average Bonchev–Trinajstić information content (AvgIpc) is 3.25. The van der Waals surface area contributed by atoms with E-state index in [1.54, 1.807) is 5.38 Å². The fourth-order valence-electron chi connectivity index (χ4n) is 2.81. The number of fused-ring (bicyclic) bond motifs is 1. The number of aromatic nitrogens is 2. The monoisotopic (exact) mass is 387 g/mol. The van der Waals surface area contributed by atoms with Gasteiger partial charge in [0, 0.05) is 41.2 Å². The summed E-state index contributed by atoms with van der Waals surface area (Å²) in [5.41, 5.74) is 1.80. The molecular weight excluding hydrogens is 375 g/mol. The number of rotatable bonds is 3. The van der Waals surface area contributed by atoms with Gasteiger partial charge in [-0.3, -0.25) is 4.79 Å². The summed E-state index contributed by atoms with van der Waals surface area (Å²) >= 11 is 1.28. The number of anilines is 1. The maximum absolute atomic E-state index is 13.3. The number of nitrogens with zero attached hydrogens (tertiary/aromatic N) is 2. The molecule has 0 unspecified atom stereocenters. The molecule has 0 aliphatic rings. The highest BCUT2D eigenvalue weighted by atomic mass is 32.1. The summed E-state index contributed by atoms with van der Waals surface area (Å²) in [5, 5.41) is 5.56. The van der Waals surface area contributed by atoms with Crippen molar-refractivity contribution in [2.75, 3.05) is 5.32 Å². The number of thiazole rings is 1. The third-order valence-corrected chi connectivity index (χ3v) is 5.01. The number of carbonyl (C=O) groups excluding carboxylic acids is 1. The quantitative estimate of drug-likeness (QED) is 0.505. The minimum Gasteiger partial charge on any atom is -0.342 e. The Balaban J connectivity index is 1.62. The lowest BCUT2D eigenvalue weighted by Crippen LogP contribution is -2.13. The zero-order valence-electron chi connectivity index (χ0n) is 14.0. The van der Waals surface area contributed by atoms with Crippen molar-refractivity contribution in [2.24, 2.45) is 7.05 Å². The molecule has 0 spiro atoms. The zero-order chi connectivity index (χ0) is 19.1. The molecular formula is C19H12F3N3OS. The second kappa shape index (κ2) is 6.55. The van der Waals surface area contributed by atoms with Gasteiger partial charge in [-0.15, -0.1) is 11.3 Å². The Morgan fingerprint density at radius 3 is 2.52 bits per heavy atom. The van der Waals surface area contributed by atoms with Gasteiger partial charge in [0.1, 0.15) is 10.7 Å². The maximum atomic E-state index is 13.3.